The van der Waals surface area contributed by atoms with Crippen LogP contribution in [-0.4, -0.2) is 25.4 Å². The maximum Gasteiger partial charge on any atom is 0.326 e. The Balaban J connectivity index is 1.92. The Labute approximate surface area is 168 Å². The van der Waals surface area contributed by atoms with Crippen LogP contribution >= 0.6 is 11.6 Å². The molecule has 0 bridgehead atoms. The lowest BCUT2D eigenvalue weighted by atomic mass is 9.88. The summed E-state index contributed by atoms with van der Waals surface area (Å²) in [6.45, 7) is 10.1. The first-order chi connectivity index (χ1) is 13.1. The van der Waals surface area contributed by atoms with Gasteiger partial charge in [-0.15, -0.1) is 0 Å². The molecule has 0 aliphatic rings. The minimum atomic E-state index is -0.338. The molecule has 0 saturated carbocycles. The van der Waals surface area contributed by atoms with Crippen LogP contribution in [0.15, 0.2) is 35.4 Å². The first kappa shape index (κ1) is 20.1. The van der Waals surface area contributed by atoms with Crippen LogP contribution in [0.25, 0.3) is 11.0 Å². The predicted octanol–water partition coefficient (Wildman–Crippen LogP) is 3.87. The average Bonchev–Trinajstić information content (AvgIpc) is 2.95. The largest absolute Gasteiger partial charge is 0.344 e. The molecule has 0 radical (unpaired) electrons. The molecule has 2 heterocycles. The first-order valence-corrected chi connectivity index (χ1v) is 9.48. The number of nitrogens with zero attached hydrogens (tertiary/aromatic N) is 3. The molecule has 1 amide bonds. The summed E-state index contributed by atoms with van der Waals surface area (Å²) in [5.74, 6) is -0.255. The maximum absolute atomic E-state index is 12.7. The second-order valence-corrected chi connectivity index (χ2v) is 8.42. The monoisotopic (exact) mass is 401 g/mol. The Morgan fingerprint density at radius 2 is 1.93 bits per heavy atom. The molecule has 0 aliphatic heterocycles. The Morgan fingerprint density at radius 1 is 1.21 bits per heavy atom. The summed E-state index contributed by atoms with van der Waals surface area (Å²) in [6, 6.07) is 4.81. The zero-order chi connectivity index (χ0) is 20.6. The maximum atomic E-state index is 12.7. The van der Waals surface area contributed by atoms with Gasteiger partial charge >= 0.3 is 5.69 Å². The zero-order valence-electron chi connectivity index (χ0n) is 16.6. The van der Waals surface area contributed by atoms with Crippen molar-refractivity contribution in [2.24, 2.45) is 5.41 Å². The normalized spacial score (nSPS) is 14.1. The SMILES string of the molecule is C[C@H](NC(=O)c1ccc2[nH]c(=O)n([C@H](C)C(C)(C)C)c2c1)c1cnc(Cl)cn1. The fourth-order valence-electron chi connectivity index (χ4n) is 2.93. The summed E-state index contributed by atoms with van der Waals surface area (Å²) in [5.41, 5.74) is 2.20. The van der Waals surface area contributed by atoms with Crippen molar-refractivity contribution in [1.29, 1.82) is 0 Å². The number of hydrogen-bond donors (Lipinski definition) is 2. The van der Waals surface area contributed by atoms with E-state index in [0.717, 1.165) is 0 Å². The molecule has 0 aliphatic carbocycles. The molecule has 148 valence electrons. The Morgan fingerprint density at radius 3 is 2.54 bits per heavy atom. The van der Waals surface area contributed by atoms with E-state index in [-0.39, 0.29) is 29.1 Å². The van der Waals surface area contributed by atoms with Crippen molar-refractivity contribution in [1.82, 2.24) is 24.8 Å². The van der Waals surface area contributed by atoms with Gasteiger partial charge in [0.1, 0.15) is 5.15 Å². The van der Waals surface area contributed by atoms with E-state index in [9.17, 15) is 9.59 Å². The number of fused-ring (bicyclic) bond motifs is 1. The zero-order valence-corrected chi connectivity index (χ0v) is 17.3. The van der Waals surface area contributed by atoms with Gasteiger partial charge in [0, 0.05) is 11.6 Å². The van der Waals surface area contributed by atoms with Crippen LogP contribution in [0.5, 0.6) is 0 Å². The van der Waals surface area contributed by atoms with Gasteiger partial charge in [-0.05, 0) is 37.5 Å². The van der Waals surface area contributed by atoms with E-state index in [0.29, 0.717) is 27.4 Å². The number of rotatable bonds is 4. The lowest BCUT2D eigenvalue weighted by Gasteiger charge is -2.28. The van der Waals surface area contributed by atoms with Gasteiger partial charge in [-0.2, -0.15) is 0 Å². The van der Waals surface area contributed by atoms with E-state index in [1.807, 2.05) is 13.8 Å². The van der Waals surface area contributed by atoms with Crippen LogP contribution < -0.4 is 11.0 Å². The molecule has 3 aromatic rings. The van der Waals surface area contributed by atoms with Gasteiger partial charge in [-0.25, -0.2) is 9.78 Å². The van der Waals surface area contributed by atoms with E-state index >= 15 is 0 Å². The quantitative estimate of drug-likeness (QED) is 0.694. The third kappa shape index (κ3) is 3.94. The Bertz CT molecular complexity index is 1060. The van der Waals surface area contributed by atoms with E-state index < -0.39 is 0 Å². The smallest absolute Gasteiger partial charge is 0.326 e. The molecule has 1 aromatic carbocycles. The van der Waals surface area contributed by atoms with Crippen LogP contribution in [-0.2, 0) is 0 Å². The number of amides is 1. The average molecular weight is 402 g/mol. The van der Waals surface area contributed by atoms with Crippen molar-refractivity contribution in [3.63, 3.8) is 0 Å². The van der Waals surface area contributed by atoms with Crippen molar-refractivity contribution < 1.29 is 4.79 Å². The number of H-pyrrole nitrogens is 1. The topological polar surface area (TPSA) is 92.7 Å². The van der Waals surface area contributed by atoms with Gasteiger partial charge in [-0.3, -0.25) is 14.3 Å². The van der Waals surface area contributed by atoms with Crippen LogP contribution in [0.4, 0.5) is 0 Å². The molecule has 0 fully saturated rings. The molecule has 2 atom stereocenters. The molecule has 2 aromatic heterocycles. The van der Waals surface area contributed by atoms with Gasteiger partial charge in [-0.1, -0.05) is 32.4 Å². The van der Waals surface area contributed by atoms with Gasteiger partial charge in [0.05, 0.1) is 35.2 Å². The summed E-state index contributed by atoms with van der Waals surface area (Å²) in [6.07, 6.45) is 2.98. The second-order valence-electron chi connectivity index (χ2n) is 8.03. The molecule has 0 unspecified atom stereocenters. The number of imidazole rings is 1. The highest BCUT2D eigenvalue weighted by molar-refractivity contribution is 6.29. The highest BCUT2D eigenvalue weighted by atomic mass is 35.5. The molecule has 3 rings (SSSR count). The molecular weight excluding hydrogens is 378 g/mol. The van der Waals surface area contributed by atoms with Crippen LogP contribution in [0.2, 0.25) is 5.15 Å². The lowest BCUT2D eigenvalue weighted by Crippen LogP contribution is -2.29. The number of aromatic amines is 1. The second kappa shape index (κ2) is 7.39. The van der Waals surface area contributed by atoms with E-state index in [4.69, 9.17) is 11.6 Å². The molecule has 2 N–H and O–H groups in total. The van der Waals surface area contributed by atoms with Gasteiger partial charge in [0.25, 0.3) is 5.91 Å². The highest BCUT2D eigenvalue weighted by Crippen LogP contribution is 2.31. The van der Waals surface area contributed by atoms with Crippen LogP contribution in [0.3, 0.4) is 0 Å². The van der Waals surface area contributed by atoms with Crippen molar-refractivity contribution in [2.45, 2.75) is 46.7 Å². The lowest BCUT2D eigenvalue weighted by molar-refractivity contribution is 0.0939. The van der Waals surface area contributed by atoms with Gasteiger partial charge in [0.2, 0.25) is 0 Å². The summed E-state index contributed by atoms with van der Waals surface area (Å²) in [4.78, 5) is 36.3. The van der Waals surface area contributed by atoms with Gasteiger partial charge in [0.15, 0.2) is 0 Å². The Hall–Kier alpha value is -2.67. The molecule has 7 nitrogen and oxygen atoms in total. The molecule has 0 spiro atoms. The summed E-state index contributed by atoms with van der Waals surface area (Å²) < 4.78 is 1.71. The Kier molecular flexibility index (Phi) is 5.30. The number of carbonyl (C=O) groups excluding carboxylic acids is 1. The highest BCUT2D eigenvalue weighted by Gasteiger charge is 2.25. The number of hydrogen-bond acceptors (Lipinski definition) is 4. The van der Waals surface area contributed by atoms with E-state index in [2.05, 4.69) is 41.0 Å². The number of aromatic nitrogens is 4. The van der Waals surface area contributed by atoms with E-state index in [1.54, 1.807) is 22.8 Å². The standard InChI is InChI=1S/C20H24ClN5O2/c1-11(15-9-23-17(21)10-22-15)24-18(27)13-6-7-14-16(8-13)26(19(28)25-14)12(2)20(3,4)5/h6-12H,1-5H3,(H,24,27)(H,25,28)/t11-,12+/m0/s1. The van der Waals surface area contributed by atoms with Crippen molar-refractivity contribution >= 4 is 28.5 Å². The molecule has 0 saturated heterocycles. The fourth-order valence-corrected chi connectivity index (χ4v) is 3.03. The first-order valence-electron chi connectivity index (χ1n) is 9.10. The molecule has 8 heteroatoms. The van der Waals surface area contributed by atoms with Crippen molar-refractivity contribution in [2.75, 3.05) is 0 Å². The number of carbonyl (C=O) groups is 1. The fraction of sp³-hybridized carbons (Fsp3) is 0.400. The molecular formula is C20H24ClN5O2. The predicted molar refractivity (Wildman–Crippen MR) is 110 cm³/mol. The van der Waals surface area contributed by atoms with E-state index in [1.165, 1.54) is 12.4 Å². The van der Waals surface area contributed by atoms with Crippen molar-refractivity contribution in [3.05, 3.63) is 57.5 Å². The van der Waals surface area contributed by atoms with Crippen LogP contribution in [0.1, 0.15) is 62.8 Å². The van der Waals surface area contributed by atoms with Gasteiger partial charge < -0.3 is 10.3 Å². The number of benzene rings is 1. The third-order valence-corrected chi connectivity index (χ3v) is 5.25. The summed E-state index contributed by atoms with van der Waals surface area (Å²) >= 11 is 5.76. The summed E-state index contributed by atoms with van der Waals surface area (Å²) in [5, 5.41) is 3.20. The minimum absolute atomic E-state index is 0.0460. The summed E-state index contributed by atoms with van der Waals surface area (Å²) in [7, 11) is 0. The number of nitrogens with one attached hydrogen (secondary N) is 2. The molecule has 28 heavy (non-hydrogen) atoms. The minimum Gasteiger partial charge on any atom is -0.344 e. The third-order valence-electron chi connectivity index (χ3n) is 5.05. The van der Waals surface area contributed by atoms with Crippen LogP contribution in [0, 0.1) is 5.41 Å². The number of halogens is 1. The van der Waals surface area contributed by atoms with Crippen molar-refractivity contribution in [3.8, 4) is 0 Å².